The molecule has 1 aromatic rings. The summed E-state index contributed by atoms with van der Waals surface area (Å²) in [5, 5.41) is 9.80. The molecule has 2 saturated heterocycles. The topological polar surface area (TPSA) is 40.5 Å². The first-order chi connectivity index (χ1) is 9.22. The molecule has 2 aliphatic rings. The van der Waals surface area contributed by atoms with E-state index in [-0.39, 0.29) is 18.6 Å². The summed E-state index contributed by atoms with van der Waals surface area (Å²) in [6, 6.07) is 11.0. The van der Waals surface area contributed by atoms with Gasteiger partial charge in [-0.25, -0.2) is 0 Å². The van der Waals surface area contributed by atoms with E-state index in [2.05, 4.69) is 17.0 Å². The molecule has 3 heteroatoms. The minimum Gasteiger partial charge on any atom is -0.394 e. The van der Waals surface area contributed by atoms with Crippen LogP contribution in [0.2, 0.25) is 0 Å². The number of benzene rings is 1. The SMILES string of the molecule is CC(=O)C1CC2CCC1N2C(CO)c1ccccc1. The number of fused-ring (bicyclic) bond motifs is 2. The van der Waals surface area contributed by atoms with Gasteiger partial charge in [0.1, 0.15) is 5.78 Å². The van der Waals surface area contributed by atoms with Gasteiger partial charge < -0.3 is 5.11 Å². The Labute approximate surface area is 114 Å². The van der Waals surface area contributed by atoms with Crippen molar-refractivity contribution in [2.24, 2.45) is 5.92 Å². The number of carbonyl (C=O) groups excluding carboxylic acids is 1. The zero-order valence-corrected chi connectivity index (χ0v) is 11.3. The number of aliphatic hydroxyl groups excluding tert-OH is 1. The molecule has 0 aromatic heterocycles. The summed E-state index contributed by atoms with van der Waals surface area (Å²) in [6.45, 7) is 1.83. The third kappa shape index (κ3) is 2.11. The molecule has 0 radical (unpaired) electrons. The van der Waals surface area contributed by atoms with Crippen LogP contribution in [0.25, 0.3) is 0 Å². The molecule has 19 heavy (non-hydrogen) atoms. The predicted octanol–water partition coefficient (Wildman–Crippen LogP) is 2.16. The Morgan fingerprint density at radius 3 is 2.68 bits per heavy atom. The van der Waals surface area contributed by atoms with E-state index in [0.717, 1.165) is 24.8 Å². The molecule has 102 valence electrons. The van der Waals surface area contributed by atoms with Gasteiger partial charge in [-0.2, -0.15) is 0 Å². The molecule has 2 heterocycles. The first-order valence-corrected chi connectivity index (χ1v) is 7.16. The van der Waals surface area contributed by atoms with E-state index in [1.807, 2.05) is 18.2 Å². The quantitative estimate of drug-likeness (QED) is 0.901. The van der Waals surface area contributed by atoms with Crippen LogP contribution in [0.1, 0.15) is 37.8 Å². The fourth-order valence-corrected chi connectivity index (χ4v) is 4.00. The predicted molar refractivity (Wildman–Crippen MR) is 73.7 cm³/mol. The molecule has 2 aliphatic heterocycles. The highest BCUT2D eigenvalue weighted by atomic mass is 16.3. The number of ketones is 1. The molecule has 1 aromatic carbocycles. The van der Waals surface area contributed by atoms with Gasteiger partial charge in [0.15, 0.2) is 0 Å². The Bertz CT molecular complexity index is 459. The summed E-state index contributed by atoms with van der Waals surface area (Å²) in [6.07, 6.45) is 3.24. The van der Waals surface area contributed by atoms with E-state index in [1.165, 1.54) is 0 Å². The summed E-state index contributed by atoms with van der Waals surface area (Å²) in [5.41, 5.74) is 1.16. The average Bonchev–Trinajstić information content (AvgIpc) is 2.99. The van der Waals surface area contributed by atoms with Gasteiger partial charge in [0.25, 0.3) is 0 Å². The number of rotatable bonds is 4. The smallest absolute Gasteiger partial charge is 0.134 e. The second-order valence-electron chi connectivity index (χ2n) is 5.81. The summed E-state index contributed by atoms with van der Waals surface area (Å²) in [4.78, 5) is 14.1. The highest BCUT2D eigenvalue weighted by Gasteiger charge is 2.50. The van der Waals surface area contributed by atoms with Crippen LogP contribution in [0.5, 0.6) is 0 Å². The van der Waals surface area contributed by atoms with Crippen LogP contribution < -0.4 is 0 Å². The van der Waals surface area contributed by atoms with E-state index in [9.17, 15) is 9.90 Å². The Hall–Kier alpha value is -1.19. The fraction of sp³-hybridized carbons (Fsp3) is 0.562. The van der Waals surface area contributed by atoms with Gasteiger partial charge in [-0.3, -0.25) is 9.69 Å². The molecule has 1 N–H and O–H groups in total. The Kier molecular flexibility index (Phi) is 3.42. The van der Waals surface area contributed by atoms with Crippen LogP contribution in [0.3, 0.4) is 0 Å². The Morgan fingerprint density at radius 2 is 2.11 bits per heavy atom. The molecule has 0 saturated carbocycles. The number of carbonyl (C=O) groups is 1. The zero-order chi connectivity index (χ0) is 13.4. The summed E-state index contributed by atoms with van der Waals surface area (Å²) >= 11 is 0. The van der Waals surface area contributed by atoms with Crippen molar-refractivity contribution in [1.82, 2.24) is 4.90 Å². The van der Waals surface area contributed by atoms with Crippen molar-refractivity contribution >= 4 is 5.78 Å². The molecular weight excluding hydrogens is 238 g/mol. The zero-order valence-electron chi connectivity index (χ0n) is 11.3. The monoisotopic (exact) mass is 259 g/mol. The highest BCUT2D eigenvalue weighted by Crippen LogP contribution is 2.46. The Balaban J connectivity index is 1.87. The van der Waals surface area contributed by atoms with Gasteiger partial charge in [0.05, 0.1) is 12.6 Å². The molecular formula is C16H21NO2. The van der Waals surface area contributed by atoms with E-state index in [4.69, 9.17) is 0 Å². The third-order valence-electron chi connectivity index (χ3n) is 4.83. The van der Waals surface area contributed by atoms with Crippen molar-refractivity contribution < 1.29 is 9.90 Å². The van der Waals surface area contributed by atoms with Crippen LogP contribution in [0.4, 0.5) is 0 Å². The van der Waals surface area contributed by atoms with Crippen molar-refractivity contribution in [2.75, 3.05) is 6.61 Å². The third-order valence-corrected chi connectivity index (χ3v) is 4.83. The number of Topliss-reactive ketones (excluding diaryl/α,β-unsaturated/α-hetero) is 1. The molecule has 2 fully saturated rings. The van der Waals surface area contributed by atoms with Gasteiger partial charge in [-0.15, -0.1) is 0 Å². The number of aliphatic hydroxyl groups is 1. The van der Waals surface area contributed by atoms with Crippen LogP contribution in [0.15, 0.2) is 30.3 Å². The molecule has 4 atom stereocenters. The van der Waals surface area contributed by atoms with Gasteiger partial charge >= 0.3 is 0 Å². The van der Waals surface area contributed by atoms with Gasteiger partial charge in [-0.05, 0) is 31.7 Å². The minimum atomic E-state index is 0.0445. The van der Waals surface area contributed by atoms with Crippen molar-refractivity contribution in [1.29, 1.82) is 0 Å². The first kappa shape index (κ1) is 12.8. The maximum absolute atomic E-state index is 11.7. The molecule has 3 nitrogen and oxygen atoms in total. The van der Waals surface area contributed by atoms with E-state index in [0.29, 0.717) is 17.9 Å². The van der Waals surface area contributed by atoms with Crippen LogP contribution >= 0.6 is 0 Å². The molecule has 0 aliphatic carbocycles. The average molecular weight is 259 g/mol. The highest BCUT2D eigenvalue weighted by molar-refractivity contribution is 5.79. The fourth-order valence-electron chi connectivity index (χ4n) is 4.00. The first-order valence-electron chi connectivity index (χ1n) is 7.16. The van der Waals surface area contributed by atoms with Gasteiger partial charge in [-0.1, -0.05) is 30.3 Å². The van der Waals surface area contributed by atoms with Crippen molar-refractivity contribution in [3.63, 3.8) is 0 Å². The van der Waals surface area contributed by atoms with Crippen LogP contribution in [-0.2, 0) is 4.79 Å². The molecule has 4 unspecified atom stereocenters. The summed E-state index contributed by atoms with van der Waals surface area (Å²) < 4.78 is 0. The normalized spacial score (nSPS) is 31.6. The van der Waals surface area contributed by atoms with E-state index in [1.54, 1.807) is 6.92 Å². The van der Waals surface area contributed by atoms with Crippen molar-refractivity contribution in [3.8, 4) is 0 Å². The van der Waals surface area contributed by atoms with Crippen LogP contribution in [0, 0.1) is 5.92 Å². The maximum atomic E-state index is 11.7. The van der Waals surface area contributed by atoms with E-state index >= 15 is 0 Å². The second kappa shape index (κ2) is 5.06. The standard InChI is InChI=1S/C16H21NO2/c1-11(19)14-9-13-7-8-15(14)17(13)16(10-18)12-5-3-2-4-6-12/h2-6,13-16,18H,7-10H2,1H3. The summed E-state index contributed by atoms with van der Waals surface area (Å²) in [5.74, 6) is 0.485. The Morgan fingerprint density at radius 1 is 1.37 bits per heavy atom. The second-order valence-corrected chi connectivity index (χ2v) is 5.81. The van der Waals surface area contributed by atoms with Gasteiger partial charge in [0.2, 0.25) is 0 Å². The largest absolute Gasteiger partial charge is 0.394 e. The lowest BCUT2D eigenvalue weighted by atomic mass is 9.87. The van der Waals surface area contributed by atoms with E-state index < -0.39 is 0 Å². The number of hydrogen-bond acceptors (Lipinski definition) is 3. The lowest BCUT2D eigenvalue weighted by Gasteiger charge is -2.31. The summed E-state index contributed by atoms with van der Waals surface area (Å²) in [7, 11) is 0. The minimum absolute atomic E-state index is 0.0445. The lowest BCUT2D eigenvalue weighted by molar-refractivity contribution is -0.121. The van der Waals surface area contributed by atoms with Crippen LogP contribution in [-0.4, -0.2) is 34.5 Å². The molecule has 3 rings (SSSR count). The molecule has 0 spiro atoms. The number of hydrogen-bond donors (Lipinski definition) is 1. The molecule has 0 amide bonds. The van der Waals surface area contributed by atoms with Crippen molar-refractivity contribution in [2.45, 2.75) is 44.3 Å². The maximum Gasteiger partial charge on any atom is 0.134 e. The van der Waals surface area contributed by atoms with Gasteiger partial charge in [0, 0.05) is 18.0 Å². The lowest BCUT2D eigenvalue weighted by Crippen LogP contribution is -2.37. The number of nitrogens with zero attached hydrogens (tertiary/aromatic N) is 1. The molecule has 2 bridgehead atoms. The van der Waals surface area contributed by atoms with Crippen molar-refractivity contribution in [3.05, 3.63) is 35.9 Å².